The van der Waals surface area contributed by atoms with E-state index in [9.17, 15) is 4.79 Å². The SMILES string of the molecule is CCCCNC(=O)COc1cccc(CNCC)c1. The fourth-order valence-corrected chi connectivity index (χ4v) is 1.62. The van der Waals surface area contributed by atoms with Gasteiger partial charge in [0.1, 0.15) is 5.75 Å². The van der Waals surface area contributed by atoms with E-state index in [1.807, 2.05) is 24.3 Å². The molecule has 0 saturated carbocycles. The summed E-state index contributed by atoms with van der Waals surface area (Å²) in [5.74, 6) is 0.673. The maximum Gasteiger partial charge on any atom is 0.257 e. The molecule has 0 bridgehead atoms. The van der Waals surface area contributed by atoms with E-state index < -0.39 is 0 Å². The van der Waals surface area contributed by atoms with Crippen LogP contribution in [0.15, 0.2) is 24.3 Å². The van der Waals surface area contributed by atoms with Gasteiger partial charge in [-0.05, 0) is 30.7 Å². The molecule has 0 aliphatic carbocycles. The molecule has 19 heavy (non-hydrogen) atoms. The first-order chi connectivity index (χ1) is 9.26. The average Bonchev–Trinajstić information content (AvgIpc) is 2.44. The van der Waals surface area contributed by atoms with Crippen LogP contribution in [0.25, 0.3) is 0 Å². The van der Waals surface area contributed by atoms with Crippen LogP contribution in [0, 0.1) is 0 Å². The Balaban J connectivity index is 2.33. The Morgan fingerprint density at radius 1 is 1.32 bits per heavy atom. The average molecular weight is 264 g/mol. The van der Waals surface area contributed by atoms with E-state index in [0.29, 0.717) is 0 Å². The van der Waals surface area contributed by atoms with Crippen LogP contribution in [0.2, 0.25) is 0 Å². The first-order valence-corrected chi connectivity index (χ1v) is 6.95. The van der Waals surface area contributed by atoms with E-state index in [-0.39, 0.29) is 12.5 Å². The lowest BCUT2D eigenvalue weighted by molar-refractivity contribution is -0.123. The molecule has 1 aromatic carbocycles. The maximum absolute atomic E-state index is 11.5. The summed E-state index contributed by atoms with van der Waals surface area (Å²) in [6, 6.07) is 7.81. The Morgan fingerprint density at radius 3 is 2.89 bits per heavy atom. The van der Waals surface area contributed by atoms with E-state index in [0.717, 1.165) is 43.8 Å². The zero-order valence-electron chi connectivity index (χ0n) is 11.9. The van der Waals surface area contributed by atoms with Crippen molar-refractivity contribution in [3.8, 4) is 5.75 Å². The highest BCUT2D eigenvalue weighted by Crippen LogP contribution is 2.12. The molecule has 0 heterocycles. The van der Waals surface area contributed by atoms with Crippen molar-refractivity contribution in [3.63, 3.8) is 0 Å². The molecule has 1 rings (SSSR count). The van der Waals surface area contributed by atoms with Crippen molar-refractivity contribution in [2.24, 2.45) is 0 Å². The number of amides is 1. The van der Waals surface area contributed by atoms with E-state index in [1.165, 1.54) is 0 Å². The lowest BCUT2D eigenvalue weighted by atomic mass is 10.2. The van der Waals surface area contributed by atoms with Gasteiger partial charge in [0.15, 0.2) is 6.61 Å². The van der Waals surface area contributed by atoms with Crippen LogP contribution in [-0.2, 0) is 11.3 Å². The topological polar surface area (TPSA) is 50.4 Å². The lowest BCUT2D eigenvalue weighted by Gasteiger charge is -2.09. The largest absolute Gasteiger partial charge is 0.484 e. The number of hydrogen-bond acceptors (Lipinski definition) is 3. The van der Waals surface area contributed by atoms with Crippen molar-refractivity contribution in [1.82, 2.24) is 10.6 Å². The summed E-state index contributed by atoms with van der Waals surface area (Å²) in [5.41, 5.74) is 1.16. The standard InChI is InChI=1S/C15H24N2O2/c1-3-5-9-17-15(18)12-19-14-8-6-7-13(10-14)11-16-4-2/h6-8,10,16H,3-5,9,11-12H2,1-2H3,(H,17,18). The summed E-state index contributed by atoms with van der Waals surface area (Å²) in [4.78, 5) is 11.5. The van der Waals surface area contributed by atoms with Crippen molar-refractivity contribution in [1.29, 1.82) is 0 Å². The molecule has 0 aromatic heterocycles. The van der Waals surface area contributed by atoms with Gasteiger partial charge in [-0.1, -0.05) is 32.4 Å². The molecule has 4 heteroatoms. The van der Waals surface area contributed by atoms with Crippen LogP contribution in [0.4, 0.5) is 0 Å². The highest BCUT2D eigenvalue weighted by atomic mass is 16.5. The third-order valence-electron chi connectivity index (χ3n) is 2.70. The maximum atomic E-state index is 11.5. The Bertz CT molecular complexity index is 380. The summed E-state index contributed by atoms with van der Waals surface area (Å²) in [5, 5.41) is 6.08. The smallest absolute Gasteiger partial charge is 0.257 e. The molecule has 0 saturated heterocycles. The molecule has 1 amide bonds. The number of nitrogens with one attached hydrogen (secondary N) is 2. The summed E-state index contributed by atoms with van der Waals surface area (Å²) < 4.78 is 5.48. The number of unbranched alkanes of at least 4 members (excludes halogenated alkanes) is 1. The number of rotatable bonds is 9. The van der Waals surface area contributed by atoms with Crippen LogP contribution in [0.5, 0.6) is 5.75 Å². The molecular formula is C15H24N2O2. The van der Waals surface area contributed by atoms with Crippen molar-refractivity contribution >= 4 is 5.91 Å². The third-order valence-corrected chi connectivity index (χ3v) is 2.70. The van der Waals surface area contributed by atoms with E-state index in [4.69, 9.17) is 4.74 Å². The Kier molecular flexibility index (Phi) is 7.66. The lowest BCUT2D eigenvalue weighted by Crippen LogP contribution is -2.29. The van der Waals surface area contributed by atoms with Crippen LogP contribution >= 0.6 is 0 Å². The van der Waals surface area contributed by atoms with Crippen molar-refractivity contribution < 1.29 is 9.53 Å². The van der Waals surface area contributed by atoms with Gasteiger partial charge in [-0.3, -0.25) is 4.79 Å². The Hall–Kier alpha value is -1.55. The predicted molar refractivity (Wildman–Crippen MR) is 77.2 cm³/mol. The number of benzene rings is 1. The molecule has 0 fully saturated rings. The van der Waals surface area contributed by atoms with Gasteiger partial charge < -0.3 is 15.4 Å². The molecular weight excluding hydrogens is 240 g/mol. The second-order valence-electron chi connectivity index (χ2n) is 4.42. The third kappa shape index (κ3) is 6.82. The Morgan fingerprint density at radius 2 is 2.16 bits per heavy atom. The van der Waals surface area contributed by atoms with Crippen LogP contribution in [0.3, 0.4) is 0 Å². The Labute approximate surface area is 115 Å². The van der Waals surface area contributed by atoms with Crippen LogP contribution in [-0.4, -0.2) is 25.6 Å². The summed E-state index contributed by atoms with van der Waals surface area (Å²) >= 11 is 0. The van der Waals surface area contributed by atoms with Gasteiger partial charge in [-0.25, -0.2) is 0 Å². The first kappa shape index (κ1) is 15.5. The van der Waals surface area contributed by atoms with Crippen LogP contribution < -0.4 is 15.4 Å². The molecule has 2 N–H and O–H groups in total. The van der Waals surface area contributed by atoms with Gasteiger partial charge in [0.05, 0.1) is 0 Å². The summed E-state index contributed by atoms with van der Waals surface area (Å²) in [6.07, 6.45) is 2.08. The van der Waals surface area contributed by atoms with Crippen molar-refractivity contribution in [3.05, 3.63) is 29.8 Å². The molecule has 0 unspecified atom stereocenters. The normalized spacial score (nSPS) is 10.2. The monoisotopic (exact) mass is 264 g/mol. The minimum absolute atomic E-state index is 0.0643. The van der Waals surface area contributed by atoms with Gasteiger partial charge in [0, 0.05) is 13.1 Å². The van der Waals surface area contributed by atoms with E-state index in [2.05, 4.69) is 24.5 Å². The highest BCUT2D eigenvalue weighted by molar-refractivity contribution is 5.77. The summed E-state index contributed by atoms with van der Waals surface area (Å²) in [7, 11) is 0. The zero-order chi connectivity index (χ0) is 13.9. The summed E-state index contributed by atoms with van der Waals surface area (Å²) in [6.45, 7) is 6.72. The fraction of sp³-hybridized carbons (Fsp3) is 0.533. The second-order valence-corrected chi connectivity index (χ2v) is 4.42. The van der Waals surface area contributed by atoms with Gasteiger partial charge in [0.2, 0.25) is 0 Å². The predicted octanol–water partition coefficient (Wildman–Crippen LogP) is 2.09. The van der Waals surface area contributed by atoms with Gasteiger partial charge in [0.25, 0.3) is 5.91 Å². The van der Waals surface area contributed by atoms with Gasteiger partial charge in [-0.2, -0.15) is 0 Å². The van der Waals surface area contributed by atoms with Gasteiger partial charge >= 0.3 is 0 Å². The second kappa shape index (κ2) is 9.39. The minimum atomic E-state index is -0.0643. The molecule has 0 spiro atoms. The minimum Gasteiger partial charge on any atom is -0.484 e. The number of carbonyl (C=O) groups is 1. The molecule has 0 atom stereocenters. The number of carbonyl (C=O) groups excluding carboxylic acids is 1. The van der Waals surface area contributed by atoms with Crippen molar-refractivity contribution in [2.75, 3.05) is 19.7 Å². The zero-order valence-corrected chi connectivity index (χ0v) is 11.9. The molecule has 1 aromatic rings. The van der Waals surface area contributed by atoms with Crippen molar-refractivity contribution in [2.45, 2.75) is 33.2 Å². The van der Waals surface area contributed by atoms with E-state index >= 15 is 0 Å². The van der Waals surface area contributed by atoms with Crippen LogP contribution in [0.1, 0.15) is 32.3 Å². The number of hydrogen-bond donors (Lipinski definition) is 2. The molecule has 4 nitrogen and oxygen atoms in total. The molecule has 106 valence electrons. The van der Waals surface area contributed by atoms with Gasteiger partial charge in [-0.15, -0.1) is 0 Å². The molecule has 0 aliphatic heterocycles. The molecule has 0 aliphatic rings. The highest BCUT2D eigenvalue weighted by Gasteiger charge is 2.02. The fourth-order valence-electron chi connectivity index (χ4n) is 1.62. The van der Waals surface area contributed by atoms with E-state index in [1.54, 1.807) is 0 Å². The quantitative estimate of drug-likeness (QED) is 0.672. The molecule has 0 radical (unpaired) electrons. The number of ether oxygens (including phenoxy) is 1. The first-order valence-electron chi connectivity index (χ1n) is 6.95.